The van der Waals surface area contributed by atoms with E-state index in [2.05, 4.69) is 27.2 Å². The molecular formula is C26H17N5O3S. The number of thioether (sulfide) groups is 1. The van der Waals surface area contributed by atoms with Crippen molar-refractivity contribution in [2.75, 3.05) is 0 Å². The minimum absolute atomic E-state index is 0.140. The molecule has 0 spiro atoms. The average Bonchev–Trinajstić information content (AvgIpc) is 3.50. The molecule has 0 fully saturated rings. The number of para-hydroxylation sites is 2. The fraction of sp³-hybridized carbons (Fsp3) is 0.0769. The van der Waals surface area contributed by atoms with E-state index in [0.717, 1.165) is 27.8 Å². The second-order valence-electron chi connectivity index (χ2n) is 8.16. The number of phenols is 1. The fourth-order valence-corrected chi connectivity index (χ4v) is 5.13. The molecule has 0 bridgehead atoms. The molecule has 7 rings (SSSR count). The molecule has 0 saturated carbocycles. The molecule has 9 heteroatoms. The van der Waals surface area contributed by atoms with Gasteiger partial charge in [-0.1, -0.05) is 60.3 Å². The molecule has 1 aliphatic heterocycles. The van der Waals surface area contributed by atoms with E-state index < -0.39 is 0 Å². The van der Waals surface area contributed by atoms with Gasteiger partial charge in [0.05, 0.1) is 11.3 Å². The number of aromatic hydroxyl groups is 1. The fourth-order valence-electron chi connectivity index (χ4n) is 4.44. The smallest absolute Gasteiger partial charge is 0.257 e. The quantitative estimate of drug-likeness (QED) is 0.328. The van der Waals surface area contributed by atoms with Crippen LogP contribution in [0.5, 0.6) is 17.4 Å². The Balaban J connectivity index is 1.30. The van der Waals surface area contributed by atoms with Crippen molar-refractivity contribution in [3.63, 3.8) is 0 Å². The number of phenolic OH excluding ortho intramolecular Hbond substituents is 1. The van der Waals surface area contributed by atoms with Gasteiger partial charge in [-0.3, -0.25) is 0 Å². The molecule has 1 unspecified atom stereocenters. The summed E-state index contributed by atoms with van der Waals surface area (Å²) in [7, 11) is 0. The lowest BCUT2D eigenvalue weighted by Gasteiger charge is -2.27. The van der Waals surface area contributed by atoms with E-state index in [0.29, 0.717) is 34.1 Å². The minimum Gasteiger partial charge on any atom is -0.508 e. The highest BCUT2D eigenvalue weighted by Gasteiger charge is 2.33. The van der Waals surface area contributed by atoms with Crippen LogP contribution in [-0.2, 0) is 5.75 Å². The van der Waals surface area contributed by atoms with Gasteiger partial charge < -0.3 is 14.3 Å². The molecule has 3 aromatic carbocycles. The molecule has 0 amide bonds. The van der Waals surface area contributed by atoms with Crippen molar-refractivity contribution in [2.24, 2.45) is 0 Å². The molecule has 8 nitrogen and oxygen atoms in total. The zero-order valence-electron chi connectivity index (χ0n) is 18.2. The van der Waals surface area contributed by atoms with E-state index in [1.807, 2.05) is 48.5 Å². The predicted octanol–water partition coefficient (Wildman–Crippen LogP) is 5.55. The van der Waals surface area contributed by atoms with Crippen molar-refractivity contribution in [3.8, 4) is 17.4 Å². The monoisotopic (exact) mass is 479 g/mol. The summed E-state index contributed by atoms with van der Waals surface area (Å²) < 4.78 is 13.6. The van der Waals surface area contributed by atoms with Crippen molar-refractivity contribution in [1.82, 2.24) is 24.6 Å². The zero-order chi connectivity index (χ0) is 23.4. The third-order valence-corrected chi connectivity index (χ3v) is 6.79. The standard InChI is InChI=1S/C26H17N5O3S/c32-16-10-11-17-20(12-16)33-25-23(22(17)15-6-2-1-3-7-15)24-29-21(30-31(24)14-27-25)13-35-26-28-18-8-4-5-9-19(18)34-26/h1-12,14,22,32H,13H2. The lowest BCUT2D eigenvalue weighted by molar-refractivity contribution is 0.422. The molecule has 0 saturated heterocycles. The van der Waals surface area contributed by atoms with Gasteiger partial charge in [0.15, 0.2) is 17.1 Å². The Hall–Kier alpha value is -4.37. The van der Waals surface area contributed by atoms with Crippen molar-refractivity contribution < 1.29 is 14.3 Å². The van der Waals surface area contributed by atoms with E-state index in [-0.39, 0.29) is 11.7 Å². The number of nitrogens with zero attached hydrogens (tertiary/aromatic N) is 5. The van der Waals surface area contributed by atoms with Crippen molar-refractivity contribution in [1.29, 1.82) is 0 Å². The van der Waals surface area contributed by atoms with Crippen LogP contribution in [0.25, 0.3) is 16.7 Å². The Morgan fingerprint density at radius 3 is 2.71 bits per heavy atom. The molecule has 35 heavy (non-hydrogen) atoms. The third kappa shape index (κ3) is 3.39. The minimum atomic E-state index is -0.173. The first kappa shape index (κ1) is 20.0. The summed E-state index contributed by atoms with van der Waals surface area (Å²) in [5.74, 6) is 2.12. The van der Waals surface area contributed by atoms with Crippen LogP contribution in [0.1, 0.15) is 28.4 Å². The van der Waals surface area contributed by atoms with Gasteiger partial charge in [-0.25, -0.2) is 19.5 Å². The van der Waals surface area contributed by atoms with Gasteiger partial charge in [0.2, 0.25) is 5.88 Å². The Kier molecular flexibility index (Phi) is 4.49. The molecular weight excluding hydrogens is 462 g/mol. The molecule has 1 N–H and O–H groups in total. The van der Waals surface area contributed by atoms with Gasteiger partial charge in [-0.05, 0) is 23.8 Å². The number of fused-ring (bicyclic) bond motifs is 5. The maximum atomic E-state index is 10.0. The van der Waals surface area contributed by atoms with E-state index in [1.165, 1.54) is 11.8 Å². The molecule has 1 aliphatic rings. The Bertz CT molecular complexity index is 1680. The van der Waals surface area contributed by atoms with E-state index in [1.54, 1.807) is 23.0 Å². The number of aromatic nitrogens is 5. The van der Waals surface area contributed by atoms with Crippen molar-refractivity contribution in [3.05, 3.63) is 102 Å². The molecule has 6 aromatic rings. The molecule has 0 radical (unpaired) electrons. The predicted molar refractivity (Wildman–Crippen MR) is 130 cm³/mol. The van der Waals surface area contributed by atoms with Gasteiger partial charge in [0.1, 0.15) is 23.3 Å². The van der Waals surface area contributed by atoms with Gasteiger partial charge in [-0.2, -0.15) is 0 Å². The molecule has 4 heterocycles. The molecule has 3 aromatic heterocycles. The summed E-state index contributed by atoms with van der Waals surface area (Å²) in [5, 5.41) is 15.2. The van der Waals surface area contributed by atoms with Crippen LogP contribution in [0.2, 0.25) is 0 Å². The van der Waals surface area contributed by atoms with E-state index in [4.69, 9.17) is 14.1 Å². The number of hydrogen-bond donors (Lipinski definition) is 1. The Morgan fingerprint density at radius 2 is 1.83 bits per heavy atom. The van der Waals surface area contributed by atoms with Crippen LogP contribution in [0, 0.1) is 0 Å². The van der Waals surface area contributed by atoms with Crippen molar-refractivity contribution in [2.45, 2.75) is 16.9 Å². The van der Waals surface area contributed by atoms with Crippen LogP contribution in [0.4, 0.5) is 0 Å². The molecule has 0 aliphatic carbocycles. The highest BCUT2D eigenvalue weighted by molar-refractivity contribution is 7.98. The maximum absolute atomic E-state index is 10.0. The summed E-state index contributed by atoms with van der Waals surface area (Å²) in [4.78, 5) is 13.9. The van der Waals surface area contributed by atoms with Crippen LogP contribution in [-0.4, -0.2) is 29.7 Å². The topological polar surface area (TPSA) is 98.6 Å². The van der Waals surface area contributed by atoms with Gasteiger partial charge in [-0.15, -0.1) is 5.10 Å². The number of oxazole rings is 1. The zero-order valence-corrected chi connectivity index (χ0v) is 19.0. The van der Waals surface area contributed by atoms with Gasteiger partial charge >= 0.3 is 0 Å². The summed E-state index contributed by atoms with van der Waals surface area (Å²) in [6, 6.07) is 23.0. The summed E-state index contributed by atoms with van der Waals surface area (Å²) in [5.41, 5.74) is 5.09. The van der Waals surface area contributed by atoms with Crippen LogP contribution < -0.4 is 4.74 Å². The molecule has 170 valence electrons. The molecule has 1 atom stereocenters. The number of ether oxygens (including phenoxy) is 1. The van der Waals surface area contributed by atoms with Crippen molar-refractivity contribution >= 4 is 28.5 Å². The first-order chi connectivity index (χ1) is 17.2. The Labute approximate surface area is 203 Å². The number of hydrogen-bond acceptors (Lipinski definition) is 8. The maximum Gasteiger partial charge on any atom is 0.257 e. The number of benzene rings is 3. The van der Waals surface area contributed by atoms with Gasteiger partial charge in [0.25, 0.3) is 5.22 Å². The van der Waals surface area contributed by atoms with Crippen LogP contribution in [0.15, 0.2) is 88.8 Å². The highest BCUT2D eigenvalue weighted by Crippen LogP contribution is 2.48. The summed E-state index contributed by atoms with van der Waals surface area (Å²) in [6.45, 7) is 0. The lowest BCUT2D eigenvalue weighted by atomic mass is 9.84. The van der Waals surface area contributed by atoms with Gasteiger partial charge in [0, 0.05) is 17.5 Å². The summed E-state index contributed by atoms with van der Waals surface area (Å²) >= 11 is 1.44. The normalized spacial score (nSPS) is 14.6. The largest absolute Gasteiger partial charge is 0.508 e. The second-order valence-corrected chi connectivity index (χ2v) is 9.09. The van der Waals surface area contributed by atoms with Crippen LogP contribution >= 0.6 is 11.8 Å². The van der Waals surface area contributed by atoms with E-state index >= 15 is 0 Å². The average molecular weight is 480 g/mol. The SMILES string of the molecule is Oc1ccc2c(c1)Oc1ncn3nc(CSc4nc5ccccc5o4)nc3c1C2c1ccccc1. The lowest BCUT2D eigenvalue weighted by Crippen LogP contribution is -2.14. The first-order valence-corrected chi connectivity index (χ1v) is 12.0. The highest BCUT2D eigenvalue weighted by atomic mass is 32.2. The van der Waals surface area contributed by atoms with Crippen LogP contribution in [0.3, 0.4) is 0 Å². The first-order valence-electron chi connectivity index (χ1n) is 11.0. The Morgan fingerprint density at radius 1 is 0.971 bits per heavy atom. The summed E-state index contributed by atoms with van der Waals surface area (Å²) in [6.07, 6.45) is 1.60. The van der Waals surface area contributed by atoms with E-state index in [9.17, 15) is 5.11 Å². The third-order valence-electron chi connectivity index (χ3n) is 5.97. The second kappa shape index (κ2) is 7.85. The number of rotatable bonds is 4.